The molecule has 1 unspecified atom stereocenters. The largest absolute Gasteiger partial charge is 0.489 e. The Balaban J connectivity index is 1.68. The highest BCUT2D eigenvalue weighted by molar-refractivity contribution is 8.00. The summed E-state index contributed by atoms with van der Waals surface area (Å²) < 4.78 is 5.89. The van der Waals surface area contributed by atoms with Gasteiger partial charge in [-0.15, -0.1) is 0 Å². The van der Waals surface area contributed by atoms with Crippen molar-refractivity contribution in [1.82, 2.24) is 5.32 Å². The van der Waals surface area contributed by atoms with Crippen molar-refractivity contribution in [1.29, 1.82) is 0 Å². The fraction of sp³-hybridized carbons (Fsp3) is 0.600. The van der Waals surface area contributed by atoms with Crippen LogP contribution in [0.25, 0.3) is 0 Å². The summed E-state index contributed by atoms with van der Waals surface area (Å²) in [6.45, 7) is 1.67. The van der Waals surface area contributed by atoms with Gasteiger partial charge in [0.15, 0.2) is 0 Å². The molecule has 1 aromatic carbocycles. The summed E-state index contributed by atoms with van der Waals surface area (Å²) in [6.07, 6.45) is 5.42. The standard InChI is InChI=1S/C15H21Cl2NO2S/c1-21-15(5-2-6-15)10-18-8-12(19)9-20-14-4-3-11(16)7-13(14)17/h3-4,7,12,18-19H,2,5-6,8-10H2,1H3. The van der Waals surface area contributed by atoms with Crippen LogP contribution in [0.1, 0.15) is 19.3 Å². The van der Waals surface area contributed by atoms with Crippen molar-refractivity contribution < 1.29 is 9.84 Å². The molecule has 0 aromatic heterocycles. The van der Waals surface area contributed by atoms with Crippen LogP contribution in [0.5, 0.6) is 5.75 Å². The number of ether oxygens (including phenoxy) is 1. The highest BCUT2D eigenvalue weighted by atomic mass is 35.5. The topological polar surface area (TPSA) is 41.5 Å². The number of aliphatic hydroxyl groups excluding tert-OH is 1. The zero-order valence-corrected chi connectivity index (χ0v) is 14.4. The highest BCUT2D eigenvalue weighted by Gasteiger charge is 2.35. The smallest absolute Gasteiger partial charge is 0.138 e. The van der Waals surface area contributed by atoms with Crippen LogP contribution in [-0.4, -0.2) is 41.9 Å². The molecule has 0 radical (unpaired) electrons. The van der Waals surface area contributed by atoms with E-state index >= 15 is 0 Å². The van der Waals surface area contributed by atoms with Crippen LogP contribution in [0.2, 0.25) is 10.0 Å². The Hall–Kier alpha value is -0.130. The minimum absolute atomic E-state index is 0.209. The second-order valence-electron chi connectivity index (χ2n) is 5.41. The second-order valence-corrected chi connectivity index (χ2v) is 7.53. The Morgan fingerprint density at radius 3 is 2.76 bits per heavy atom. The van der Waals surface area contributed by atoms with Crippen molar-refractivity contribution in [2.75, 3.05) is 26.0 Å². The Labute approximate surface area is 140 Å². The fourth-order valence-electron chi connectivity index (χ4n) is 2.33. The van der Waals surface area contributed by atoms with Gasteiger partial charge in [0, 0.05) is 22.9 Å². The van der Waals surface area contributed by atoms with Gasteiger partial charge in [0.2, 0.25) is 0 Å². The third-order valence-electron chi connectivity index (χ3n) is 3.85. The predicted molar refractivity (Wildman–Crippen MR) is 90.9 cm³/mol. The summed E-state index contributed by atoms with van der Waals surface area (Å²) >= 11 is 13.8. The number of thioether (sulfide) groups is 1. The zero-order chi connectivity index (χ0) is 15.3. The van der Waals surface area contributed by atoms with Crippen molar-refractivity contribution in [3.05, 3.63) is 28.2 Å². The number of rotatable bonds is 8. The van der Waals surface area contributed by atoms with Gasteiger partial charge in [0.1, 0.15) is 18.5 Å². The molecule has 2 N–H and O–H groups in total. The van der Waals surface area contributed by atoms with E-state index in [4.69, 9.17) is 27.9 Å². The molecule has 1 aliphatic carbocycles. The van der Waals surface area contributed by atoms with E-state index in [0.29, 0.717) is 27.1 Å². The first-order valence-electron chi connectivity index (χ1n) is 7.06. The Morgan fingerprint density at radius 2 is 2.19 bits per heavy atom. The molecule has 0 spiro atoms. The van der Waals surface area contributed by atoms with Crippen LogP contribution in [0.4, 0.5) is 0 Å². The van der Waals surface area contributed by atoms with E-state index in [9.17, 15) is 5.11 Å². The molecule has 1 saturated carbocycles. The summed E-state index contributed by atoms with van der Waals surface area (Å²) in [5.74, 6) is 0.541. The molecule has 0 saturated heterocycles. The quantitative estimate of drug-likeness (QED) is 0.752. The SMILES string of the molecule is CSC1(CNCC(O)COc2ccc(Cl)cc2Cl)CCC1. The van der Waals surface area contributed by atoms with E-state index in [1.165, 1.54) is 19.3 Å². The third-order valence-corrected chi connectivity index (χ3v) is 5.80. The molecule has 1 aromatic rings. The molecule has 21 heavy (non-hydrogen) atoms. The summed E-state index contributed by atoms with van der Waals surface area (Å²) in [5.41, 5.74) is 0. The van der Waals surface area contributed by atoms with Crippen LogP contribution < -0.4 is 10.1 Å². The number of halogens is 2. The summed E-state index contributed by atoms with van der Waals surface area (Å²) in [6, 6.07) is 5.05. The molecule has 2 rings (SSSR count). The summed E-state index contributed by atoms with van der Waals surface area (Å²) in [5, 5.41) is 14.3. The Morgan fingerprint density at radius 1 is 1.43 bits per heavy atom. The highest BCUT2D eigenvalue weighted by Crippen LogP contribution is 2.42. The molecule has 1 aliphatic rings. The molecule has 1 atom stereocenters. The molecular weight excluding hydrogens is 329 g/mol. The maximum absolute atomic E-state index is 9.95. The number of benzene rings is 1. The van der Waals surface area contributed by atoms with Crippen LogP contribution in [-0.2, 0) is 0 Å². The molecule has 1 fully saturated rings. The lowest BCUT2D eigenvalue weighted by Gasteiger charge is -2.40. The van der Waals surface area contributed by atoms with Gasteiger partial charge < -0.3 is 15.2 Å². The molecule has 0 aliphatic heterocycles. The maximum atomic E-state index is 9.95. The van der Waals surface area contributed by atoms with Crippen molar-refractivity contribution in [2.45, 2.75) is 30.1 Å². The zero-order valence-electron chi connectivity index (χ0n) is 12.1. The number of nitrogens with one attached hydrogen (secondary N) is 1. The minimum Gasteiger partial charge on any atom is -0.489 e. The van der Waals surface area contributed by atoms with E-state index < -0.39 is 6.10 Å². The second kappa shape index (κ2) is 7.93. The van der Waals surface area contributed by atoms with Gasteiger partial charge in [0.05, 0.1) is 5.02 Å². The molecule has 0 heterocycles. The third kappa shape index (κ3) is 4.93. The van der Waals surface area contributed by atoms with Crippen LogP contribution in [0, 0.1) is 0 Å². The van der Waals surface area contributed by atoms with E-state index in [2.05, 4.69) is 11.6 Å². The first-order chi connectivity index (χ1) is 10.0. The van der Waals surface area contributed by atoms with Crippen molar-refractivity contribution >= 4 is 35.0 Å². The van der Waals surface area contributed by atoms with Crippen LogP contribution >= 0.6 is 35.0 Å². The van der Waals surface area contributed by atoms with Crippen molar-refractivity contribution in [2.24, 2.45) is 0 Å². The van der Waals surface area contributed by atoms with E-state index in [1.807, 2.05) is 11.8 Å². The van der Waals surface area contributed by atoms with E-state index in [-0.39, 0.29) is 6.61 Å². The van der Waals surface area contributed by atoms with Gasteiger partial charge >= 0.3 is 0 Å². The van der Waals surface area contributed by atoms with Crippen LogP contribution in [0.3, 0.4) is 0 Å². The molecule has 118 valence electrons. The average Bonchev–Trinajstić information content (AvgIpc) is 2.41. The Kier molecular flexibility index (Phi) is 6.51. The monoisotopic (exact) mass is 349 g/mol. The van der Waals surface area contributed by atoms with E-state index in [1.54, 1.807) is 18.2 Å². The fourth-order valence-corrected chi connectivity index (χ4v) is 3.73. The molecular formula is C15H21Cl2NO2S. The number of aliphatic hydroxyl groups is 1. The van der Waals surface area contributed by atoms with Crippen molar-refractivity contribution in [3.63, 3.8) is 0 Å². The minimum atomic E-state index is -0.560. The molecule has 6 heteroatoms. The van der Waals surface area contributed by atoms with Crippen molar-refractivity contribution in [3.8, 4) is 5.75 Å². The number of hydrogen-bond acceptors (Lipinski definition) is 4. The van der Waals surface area contributed by atoms with Gasteiger partial charge in [-0.3, -0.25) is 0 Å². The van der Waals surface area contributed by atoms with Gasteiger partial charge in [-0.25, -0.2) is 0 Å². The summed E-state index contributed by atoms with van der Waals surface area (Å²) in [7, 11) is 0. The average molecular weight is 350 g/mol. The number of hydrogen-bond donors (Lipinski definition) is 2. The van der Waals surface area contributed by atoms with Crippen LogP contribution in [0.15, 0.2) is 18.2 Å². The first-order valence-corrected chi connectivity index (χ1v) is 9.04. The normalized spacial score (nSPS) is 18.1. The Bertz CT molecular complexity index is 463. The molecule has 0 amide bonds. The van der Waals surface area contributed by atoms with Gasteiger partial charge in [0.25, 0.3) is 0 Å². The lowest BCUT2D eigenvalue weighted by atomic mass is 9.84. The molecule has 0 bridgehead atoms. The lowest BCUT2D eigenvalue weighted by molar-refractivity contribution is 0.105. The molecule has 3 nitrogen and oxygen atoms in total. The predicted octanol–water partition coefficient (Wildman–Crippen LogP) is 3.61. The van der Waals surface area contributed by atoms with E-state index in [0.717, 1.165) is 6.54 Å². The summed E-state index contributed by atoms with van der Waals surface area (Å²) in [4.78, 5) is 0. The van der Waals surface area contributed by atoms with Gasteiger partial charge in [-0.05, 0) is 37.3 Å². The first kappa shape index (κ1) is 17.2. The van der Waals surface area contributed by atoms with Gasteiger partial charge in [-0.1, -0.05) is 29.6 Å². The maximum Gasteiger partial charge on any atom is 0.138 e. The van der Waals surface area contributed by atoms with Gasteiger partial charge in [-0.2, -0.15) is 11.8 Å². The lowest BCUT2D eigenvalue weighted by Crippen LogP contribution is -2.45.